The second-order valence-electron chi connectivity index (χ2n) is 11.2. The molecule has 8 nitrogen and oxygen atoms in total. The highest BCUT2D eigenvalue weighted by atomic mass is 31.2. The third kappa shape index (κ3) is 13.5. The van der Waals surface area contributed by atoms with Crippen molar-refractivity contribution in [1.29, 1.82) is 0 Å². The van der Waals surface area contributed by atoms with Crippen LogP contribution >= 0.6 is 7.82 Å². The van der Waals surface area contributed by atoms with E-state index in [1.807, 2.05) is 48.5 Å². The Morgan fingerprint density at radius 1 is 0.909 bits per heavy atom. The van der Waals surface area contributed by atoms with Gasteiger partial charge < -0.3 is 24.6 Å². The summed E-state index contributed by atoms with van der Waals surface area (Å²) in [4.78, 5) is 38.0. The average Bonchev–Trinajstić information content (AvgIpc) is 2.62. The van der Waals surface area contributed by atoms with Crippen LogP contribution in [0.25, 0.3) is 0 Å². The van der Waals surface area contributed by atoms with Crippen LogP contribution in [0.1, 0.15) is 94.9 Å². The van der Waals surface area contributed by atoms with E-state index in [0.29, 0.717) is 0 Å². The average molecular weight is 492 g/mol. The Bertz CT molecular complexity index is 654. The van der Waals surface area contributed by atoms with Crippen LogP contribution in [0.3, 0.4) is 0 Å². The fourth-order valence-electron chi connectivity index (χ4n) is 3.69. The summed E-state index contributed by atoms with van der Waals surface area (Å²) in [6.45, 7) is 18.7. The van der Waals surface area contributed by atoms with E-state index in [1.54, 1.807) is 20.8 Å². The maximum absolute atomic E-state index is 12.9. The van der Waals surface area contributed by atoms with Crippen molar-refractivity contribution >= 4 is 19.6 Å². The number of phosphoric acid groups is 1. The van der Waals surface area contributed by atoms with Crippen LogP contribution in [0.15, 0.2) is 0 Å². The number of carbonyl (C=O) groups excluding carboxylic acids is 2. The van der Waals surface area contributed by atoms with Crippen LogP contribution in [0.5, 0.6) is 0 Å². The molecule has 33 heavy (non-hydrogen) atoms. The number of carbonyl (C=O) groups is 2. The summed E-state index contributed by atoms with van der Waals surface area (Å²) in [5, 5.41) is 5.64. The van der Waals surface area contributed by atoms with Gasteiger partial charge in [0.1, 0.15) is 6.10 Å². The maximum Gasteiger partial charge on any atom is 0.268 e. The van der Waals surface area contributed by atoms with Gasteiger partial charge in [0.25, 0.3) is 7.82 Å². The number of hydrogen-bond donors (Lipinski definition) is 2. The van der Waals surface area contributed by atoms with Crippen molar-refractivity contribution < 1.29 is 28.1 Å². The molecule has 0 spiro atoms. The van der Waals surface area contributed by atoms with E-state index in [-0.39, 0.29) is 48.1 Å². The molecule has 0 radical (unpaired) electrons. The molecule has 0 aromatic carbocycles. The Labute approximate surface area is 201 Å². The Kier molecular flexibility index (Phi) is 13.4. The molecular formula is C24H48N2O6P-. The minimum absolute atomic E-state index is 0.0558. The zero-order chi connectivity index (χ0) is 26.0. The molecule has 0 aromatic rings. The van der Waals surface area contributed by atoms with Crippen molar-refractivity contribution in [3.8, 4) is 0 Å². The molecule has 0 fully saturated rings. The van der Waals surface area contributed by atoms with E-state index in [0.717, 1.165) is 25.7 Å². The zero-order valence-electron chi connectivity index (χ0n) is 22.4. The van der Waals surface area contributed by atoms with E-state index in [9.17, 15) is 19.0 Å². The summed E-state index contributed by atoms with van der Waals surface area (Å²) in [5.74, 6) is -0.557. The summed E-state index contributed by atoms with van der Waals surface area (Å²) in [7, 11) is -4.67. The maximum atomic E-state index is 12.9. The van der Waals surface area contributed by atoms with E-state index < -0.39 is 19.5 Å². The highest BCUT2D eigenvalue weighted by Crippen LogP contribution is 2.44. The third-order valence-electron chi connectivity index (χ3n) is 5.35. The summed E-state index contributed by atoms with van der Waals surface area (Å²) in [6.07, 6.45) is 2.20. The fourth-order valence-corrected chi connectivity index (χ4v) is 4.92. The van der Waals surface area contributed by atoms with Crippen LogP contribution < -0.4 is 15.5 Å². The third-order valence-corrected chi connectivity index (χ3v) is 6.68. The lowest BCUT2D eigenvalue weighted by molar-refractivity contribution is -0.237. The molecule has 4 atom stereocenters. The minimum atomic E-state index is -4.67. The molecule has 0 heterocycles. The SMILES string of the molecule is CCCC(C(=O)NCC(CNC(=O)C(CCC)C(C)(C)C)OP(=O)([O-])OC(C)(C)C)C(C)C. The molecular weight excluding hydrogens is 443 g/mol. The van der Waals surface area contributed by atoms with Gasteiger partial charge in [-0.25, -0.2) is 0 Å². The number of nitrogens with one attached hydrogen (secondary N) is 2. The van der Waals surface area contributed by atoms with Gasteiger partial charge in [-0.1, -0.05) is 61.3 Å². The molecule has 0 aromatic heterocycles. The molecule has 0 bridgehead atoms. The highest BCUT2D eigenvalue weighted by molar-refractivity contribution is 7.45. The van der Waals surface area contributed by atoms with Crippen molar-refractivity contribution in [3.05, 3.63) is 0 Å². The molecule has 0 saturated heterocycles. The van der Waals surface area contributed by atoms with Crippen LogP contribution in [0, 0.1) is 23.2 Å². The molecule has 0 aliphatic rings. The van der Waals surface area contributed by atoms with Gasteiger partial charge in [0.15, 0.2) is 0 Å². The second-order valence-corrected chi connectivity index (χ2v) is 12.5. The van der Waals surface area contributed by atoms with Gasteiger partial charge in [-0.3, -0.25) is 14.2 Å². The lowest BCUT2D eigenvalue weighted by Crippen LogP contribution is -2.46. The quantitative estimate of drug-likeness (QED) is 0.347. The van der Waals surface area contributed by atoms with Gasteiger partial charge in [0, 0.05) is 24.9 Å². The lowest BCUT2D eigenvalue weighted by Gasteiger charge is -2.34. The Morgan fingerprint density at radius 2 is 1.39 bits per heavy atom. The van der Waals surface area contributed by atoms with E-state index >= 15 is 0 Å². The normalized spacial score (nSPS) is 17.2. The van der Waals surface area contributed by atoms with Gasteiger partial charge in [0.2, 0.25) is 11.8 Å². The topological polar surface area (TPSA) is 117 Å². The molecule has 9 heteroatoms. The van der Waals surface area contributed by atoms with Crippen molar-refractivity contribution in [3.63, 3.8) is 0 Å². The summed E-state index contributed by atoms with van der Waals surface area (Å²) < 4.78 is 22.8. The van der Waals surface area contributed by atoms with Gasteiger partial charge in [-0.05, 0) is 44.9 Å². The Morgan fingerprint density at radius 3 is 1.79 bits per heavy atom. The molecule has 0 rings (SSSR count). The van der Waals surface area contributed by atoms with Crippen molar-refractivity contribution in [2.45, 2.75) is 107 Å². The minimum Gasteiger partial charge on any atom is -0.756 e. The van der Waals surface area contributed by atoms with Crippen molar-refractivity contribution in [2.75, 3.05) is 13.1 Å². The lowest BCUT2D eigenvalue weighted by atomic mass is 9.77. The first-order chi connectivity index (χ1) is 14.9. The second kappa shape index (κ2) is 13.8. The number of hydrogen-bond acceptors (Lipinski definition) is 6. The standard InChI is InChI=1S/C24H49N2O6P/c1-11-13-19(17(3)4)21(27)25-15-18(31-33(29,30)32-24(8,9)10)16-26-22(28)20(14-12-2)23(5,6)7/h17-20H,11-16H2,1-10H3,(H,25,27)(H,26,28)(H,29,30)/p-1. The molecule has 4 unspecified atom stereocenters. The fraction of sp³-hybridized carbons (Fsp3) is 0.917. The van der Waals surface area contributed by atoms with Crippen molar-refractivity contribution in [2.24, 2.45) is 23.2 Å². The molecule has 2 N–H and O–H groups in total. The van der Waals surface area contributed by atoms with Crippen LogP contribution in [0.4, 0.5) is 0 Å². The Balaban J connectivity index is 5.43. The first-order valence-corrected chi connectivity index (χ1v) is 13.6. The number of rotatable bonds is 14. The predicted molar refractivity (Wildman–Crippen MR) is 130 cm³/mol. The monoisotopic (exact) mass is 491 g/mol. The van der Waals surface area contributed by atoms with Crippen LogP contribution in [-0.2, 0) is 23.2 Å². The summed E-state index contributed by atoms with van der Waals surface area (Å²) in [6, 6.07) is 0. The predicted octanol–water partition coefficient (Wildman–Crippen LogP) is 4.42. The summed E-state index contributed by atoms with van der Waals surface area (Å²) >= 11 is 0. The van der Waals surface area contributed by atoms with Crippen LogP contribution in [0.2, 0.25) is 0 Å². The van der Waals surface area contributed by atoms with Crippen molar-refractivity contribution in [1.82, 2.24) is 10.6 Å². The van der Waals surface area contributed by atoms with Gasteiger partial charge in [0.05, 0.1) is 5.60 Å². The Hall–Kier alpha value is -0.950. The molecule has 0 aliphatic heterocycles. The van der Waals surface area contributed by atoms with E-state index in [2.05, 4.69) is 10.6 Å². The first kappa shape index (κ1) is 32.0. The molecule has 2 amide bonds. The molecule has 0 aliphatic carbocycles. The largest absolute Gasteiger partial charge is 0.756 e. The smallest absolute Gasteiger partial charge is 0.268 e. The van der Waals surface area contributed by atoms with Gasteiger partial charge in [-0.2, -0.15) is 0 Å². The summed E-state index contributed by atoms with van der Waals surface area (Å²) in [5.41, 5.74) is -1.20. The van der Waals surface area contributed by atoms with Gasteiger partial charge in [-0.15, -0.1) is 0 Å². The first-order valence-electron chi connectivity index (χ1n) is 12.2. The van der Waals surface area contributed by atoms with E-state index in [1.165, 1.54) is 0 Å². The highest BCUT2D eigenvalue weighted by Gasteiger charge is 2.32. The molecule has 0 saturated carbocycles. The zero-order valence-corrected chi connectivity index (χ0v) is 23.3. The van der Waals surface area contributed by atoms with E-state index in [4.69, 9.17) is 9.05 Å². The van der Waals surface area contributed by atoms with Gasteiger partial charge >= 0.3 is 0 Å². The number of amides is 2. The number of phosphoric ester groups is 1. The molecule has 196 valence electrons. The van der Waals surface area contributed by atoms with Crippen LogP contribution in [-0.4, -0.2) is 36.6 Å².